The highest BCUT2D eigenvalue weighted by atomic mass is 16.2. The molecule has 0 bridgehead atoms. The second kappa shape index (κ2) is 6.27. The van der Waals surface area contributed by atoms with Gasteiger partial charge in [0.25, 0.3) is 0 Å². The fourth-order valence-electron chi connectivity index (χ4n) is 5.00. The summed E-state index contributed by atoms with van der Waals surface area (Å²) < 4.78 is 0. The number of anilines is 1. The van der Waals surface area contributed by atoms with E-state index < -0.39 is 0 Å². The number of piperidine rings is 1. The maximum atomic E-state index is 13.3. The predicted octanol–water partition coefficient (Wildman–Crippen LogP) is 2.78. The standard InChI is InChI=1S/C20H30N4O/c1-16(2)15-24-18(25)19(8-4-5-9-19)22-20(24)10-13-23(14-11-20)17-7-3-6-12-21-17/h3,6-7,12,16,22H,4-5,8-11,13-15H2,1-2H3. The van der Waals surface area contributed by atoms with Crippen LogP contribution in [0.1, 0.15) is 52.4 Å². The monoisotopic (exact) mass is 342 g/mol. The molecule has 25 heavy (non-hydrogen) atoms. The summed E-state index contributed by atoms with van der Waals surface area (Å²) in [7, 11) is 0. The molecule has 0 unspecified atom stereocenters. The predicted molar refractivity (Wildman–Crippen MR) is 99.3 cm³/mol. The molecule has 136 valence electrons. The lowest BCUT2D eigenvalue weighted by Crippen LogP contribution is -2.60. The van der Waals surface area contributed by atoms with Gasteiger partial charge in [0.15, 0.2) is 0 Å². The van der Waals surface area contributed by atoms with Gasteiger partial charge in [0, 0.05) is 38.7 Å². The quantitative estimate of drug-likeness (QED) is 0.918. The summed E-state index contributed by atoms with van der Waals surface area (Å²) in [6.45, 7) is 7.17. The van der Waals surface area contributed by atoms with Gasteiger partial charge < -0.3 is 9.80 Å². The van der Waals surface area contributed by atoms with E-state index in [1.807, 2.05) is 18.3 Å². The molecule has 4 rings (SSSR count). The Labute approximate surface area is 150 Å². The summed E-state index contributed by atoms with van der Waals surface area (Å²) in [5.74, 6) is 1.91. The van der Waals surface area contributed by atoms with Crippen molar-refractivity contribution in [3.05, 3.63) is 24.4 Å². The summed E-state index contributed by atoms with van der Waals surface area (Å²) in [6, 6.07) is 6.08. The van der Waals surface area contributed by atoms with E-state index in [1.165, 1.54) is 12.8 Å². The number of nitrogens with one attached hydrogen (secondary N) is 1. The topological polar surface area (TPSA) is 48.5 Å². The number of hydrogen-bond acceptors (Lipinski definition) is 4. The van der Waals surface area contributed by atoms with Crippen molar-refractivity contribution in [2.75, 3.05) is 24.5 Å². The second-order valence-corrected chi connectivity index (χ2v) is 8.43. The molecule has 1 amide bonds. The van der Waals surface area contributed by atoms with Gasteiger partial charge in [0.1, 0.15) is 5.82 Å². The Kier molecular flexibility index (Phi) is 4.22. The molecule has 1 aliphatic carbocycles. The van der Waals surface area contributed by atoms with E-state index in [9.17, 15) is 4.79 Å². The molecule has 5 heteroatoms. The molecule has 0 radical (unpaired) electrons. The first-order valence-corrected chi connectivity index (χ1v) is 9.82. The van der Waals surface area contributed by atoms with Crippen molar-refractivity contribution in [3.63, 3.8) is 0 Å². The molecule has 1 N–H and O–H groups in total. The molecule has 1 saturated carbocycles. The minimum absolute atomic E-state index is 0.156. The third-order valence-electron chi connectivity index (χ3n) is 6.21. The van der Waals surface area contributed by atoms with Gasteiger partial charge in [-0.25, -0.2) is 4.98 Å². The zero-order chi connectivity index (χ0) is 17.5. The molecule has 2 aliphatic heterocycles. The lowest BCUT2D eigenvalue weighted by molar-refractivity contribution is -0.136. The van der Waals surface area contributed by atoms with Crippen LogP contribution in [-0.2, 0) is 4.79 Å². The number of pyridine rings is 1. The third-order valence-corrected chi connectivity index (χ3v) is 6.21. The van der Waals surface area contributed by atoms with Gasteiger partial charge in [0.05, 0.1) is 11.2 Å². The number of amides is 1. The maximum Gasteiger partial charge on any atom is 0.244 e. The van der Waals surface area contributed by atoms with E-state index in [-0.39, 0.29) is 11.2 Å². The smallest absolute Gasteiger partial charge is 0.244 e. The van der Waals surface area contributed by atoms with Crippen molar-refractivity contribution in [3.8, 4) is 0 Å². The summed E-state index contributed by atoms with van der Waals surface area (Å²) in [6.07, 6.45) is 8.16. The Morgan fingerprint density at radius 2 is 1.88 bits per heavy atom. The minimum Gasteiger partial charge on any atom is -0.356 e. The van der Waals surface area contributed by atoms with Crippen LogP contribution in [0.25, 0.3) is 0 Å². The van der Waals surface area contributed by atoms with E-state index in [0.717, 1.165) is 51.1 Å². The Balaban J connectivity index is 1.56. The normalized spacial score (nSPS) is 24.8. The lowest BCUT2D eigenvalue weighted by Gasteiger charge is -2.45. The van der Waals surface area contributed by atoms with Gasteiger partial charge in [-0.3, -0.25) is 10.1 Å². The molecule has 2 spiro atoms. The molecule has 2 saturated heterocycles. The molecule has 5 nitrogen and oxygen atoms in total. The maximum absolute atomic E-state index is 13.3. The number of carbonyl (C=O) groups excluding carboxylic acids is 1. The van der Waals surface area contributed by atoms with Gasteiger partial charge in [-0.15, -0.1) is 0 Å². The lowest BCUT2D eigenvalue weighted by atomic mass is 9.94. The van der Waals surface area contributed by atoms with Gasteiger partial charge >= 0.3 is 0 Å². The van der Waals surface area contributed by atoms with Crippen LogP contribution in [0, 0.1) is 5.92 Å². The van der Waals surface area contributed by atoms with Crippen LogP contribution in [-0.4, -0.2) is 46.6 Å². The Morgan fingerprint density at radius 1 is 1.16 bits per heavy atom. The number of rotatable bonds is 3. The average Bonchev–Trinajstić information content (AvgIpc) is 3.16. The van der Waals surface area contributed by atoms with Crippen LogP contribution in [0.4, 0.5) is 5.82 Å². The number of nitrogens with zero attached hydrogens (tertiary/aromatic N) is 3. The van der Waals surface area contributed by atoms with E-state index >= 15 is 0 Å². The van der Waals surface area contributed by atoms with Crippen LogP contribution < -0.4 is 10.2 Å². The highest BCUT2D eigenvalue weighted by Crippen LogP contribution is 2.44. The highest BCUT2D eigenvalue weighted by Gasteiger charge is 2.59. The Bertz CT molecular complexity index is 616. The number of carbonyl (C=O) groups is 1. The first kappa shape index (κ1) is 16.8. The summed E-state index contributed by atoms with van der Waals surface area (Å²) in [4.78, 5) is 22.4. The molecule has 1 aromatic rings. The molecule has 3 aliphatic rings. The fourth-order valence-corrected chi connectivity index (χ4v) is 5.00. The first-order chi connectivity index (χ1) is 12.0. The molecule has 1 aromatic heterocycles. The van der Waals surface area contributed by atoms with E-state index in [4.69, 9.17) is 0 Å². The summed E-state index contributed by atoms with van der Waals surface area (Å²) >= 11 is 0. The SMILES string of the molecule is CC(C)CN1C(=O)C2(CCCC2)NC12CCN(c1ccccn1)CC2. The van der Waals surface area contributed by atoms with Crippen molar-refractivity contribution >= 4 is 11.7 Å². The average molecular weight is 342 g/mol. The highest BCUT2D eigenvalue weighted by molar-refractivity contribution is 5.90. The van der Waals surface area contributed by atoms with Crippen molar-refractivity contribution < 1.29 is 4.79 Å². The minimum atomic E-state index is -0.276. The van der Waals surface area contributed by atoms with Crippen LogP contribution in [0.2, 0.25) is 0 Å². The van der Waals surface area contributed by atoms with Crippen LogP contribution in [0.3, 0.4) is 0 Å². The van der Waals surface area contributed by atoms with Gasteiger partial charge in [-0.1, -0.05) is 32.8 Å². The molecule has 3 heterocycles. The zero-order valence-corrected chi connectivity index (χ0v) is 15.5. The van der Waals surface area contributed by atoms with Crippen LogP contribution >= 0.6 is 0 Å². The number of aromatic nitrogens is 1. The molecule has 3 fully saturated rings. The van der Waals surface area contributed by atoms with Gasteiger partial charge in [-0.05, 0) is 30.9 Å². The molecular formula is C20H30N4O. The van der Waals surface area contributed by atoms with Crippen molar-refractivity contribution in [1.29, 1.82) is 0 Å². The van der Waals surface area contributed by atoms with Crippen molar-refractivity contribution in [2.45, 2.75) is 63.6 Å². The number of hydrogen-bond donors (Lipinski definition) is 1. The van der Waals surface area contributed by atoms with Crippen molar-refractivity contribution in [1.82, 2.24) is 15.2 Å². The largest absolute Gasteiger partial charge is 0.356 e. The van der Waals surface area contributed by atoms with Crippen molar-refractivity contribution in [2.24, 2.45) is 5.92 Å². The zero-order valence-electron chi connectivity index (χ0n) is 15.5. The van der Waals surface area contributed by atoms with Crippen LogP contribution in [0.15, 0.2) is 24.4 Å². The summed E-state index contributed by atoms with van der Waals surface area (Å²) in [5, 5.41) is 3.89. The molecule has 0 atom stereocenters. The van der Waals surface area contributed by atoms with E-state index in [2.05, 4.69) is 40.0 Å². The fraction of sp³-hybridized carbons (Fsp3) is 0.700. The Hall–Kier alpha value is -1.62. The van der Waals surface area contributed by atoms with E-state index in [0.29, 0.717) is 11.8 Å². The third kappa shape index (κ3) is 2.82. The summed E-state index contributed by atoms with van der Waals surface area (Å²) in [5.41, 5.74) is -0.432. The van der Waals surface area contributed by atoms with Gasteiger partial charge in [-0.2, -0.15) is 0 Å². The van der Waals surface area contributed by atoms with E-state index in [1.54, 1.807) is 0 Å². The molecule has 0 aromatic carbocycles. The van der Waals surface area contributed by atoms with Crippen LogP contribution in [0.5, 0.6) is 0 Å². The Morgan fingerprint density at radius 3 is 2.48 bits per heavy atom. The van der Waals surface area contributed by atoms with Gasteiger partial charge in [0.2, 0.25) is 5.91 Å². The first-order valence-electron chi connectivity index (χ1n) is 9.82. The second-order valence-electron chi connectivity index (χ2n) is 8.43. The molecular weight excluding hydrogens is 312 g/mol.